The van der Waals surface area contributed by atoms with Crippen molar-refractivity contribution in [3.63, 3.8) is 0 Å². The number of rotatable bonds is 4. The average Bonchev–Trinajstić information content (AvgIpc) is 3.05. The Bertz CT molecular complexity index is 993. The number of nitrogens with one attached hydrogen (secondary N) is 2. The molecule has 0 aliphatic rings. The van der Waals surface area contributed by atoms with E-state index in [0.29, 0.717) is 0 Å². The van der Waals surface area contributed by atoms with E-state index >= 15 is 0 Å². The van der Waals surface area contributed by atoms with Crippen LogP contribution in [0.2, 0.25) is 5.02 Å². The van der Waals surface area contributed by atoms with E-state index in [-0.39, 0.29) is 27.0 Å². The van der Waals surface area contributed by atoms with Crippen molar-refractivity contribution in [2.24, 2.45) is 0 Å². The van der Waals surface area contributed by atoms with Gasteiger partial charge in [0.05, 0.1) is 5.56 Å². The fourth-order valence-corrected chi connectivity index (χ4v) is 3.43. The second kappa shape index (κ2) is 6.10. The van der Waals surface area contributed by atoms with Crippen molar-refractivity contribution >= 4 is 27.3 Å². The lowest BCUT2D eigenvalue weighted by Crippen LogP contribution is -2.13. The minimum absolute atomic E-state index is 0.0445. The van der Waals surface area contributed by atoms with Gasteiger partial charge in [0, 0.05) is 10.7 Å². The number of phenolic OH excluding ortho intramolecular Hbond substituents is 1. The van der Waals surface area contributed by atoms with Crippen molar-refractivity contribution in [3.8, 4) is 17.1 Å². The summed E-state index contributed by atoms with van der Waals surface area (Å²) < 4.78 is 40.9. The SMILES string of the molecule is O=S(=O)(Nc1ccc(F)c(-c2ncn[nH]2)c1)c1cc(Cl)ccc1O. The third kappa shape index (κ3) is 3.17. The molecule has 0 saturated carbocycles. The van der Waals surface area contributed by atoms with E-state index in [1.165, 1.54) is 30.6 Å². The topological polar surface area (TPSA) is 108 Å². The average molecular weight is 369 g/mol. The van der Waals surface area contributed by atoms with Crippen LogP contribution in [0, 0.1) is 5.82 Å². The van der Waals surface area contributed by atoms with Gasteiger partial charge in [-0.05, 0) is 36.4 Å². The maximum absolute atomic E-state index is 13.9. The third-order valence-electron chi connectivity index (χ3n) is 3.10. The van der Waals surface area contributed by atoms with Crippen LogP contribution in [-0.2, 0) is 10.0 Å². The standard InChI is InChI=1S/C14H10ClFN4O3S/c15-8-1-4-12(21)13(5-8)24(22,23)20-9-2-3-11(16)10(6-9)14-17-7-18-19-14/h1-7,20-21H,(H,17,18,19). The van der Waals surface area contributed by atoms with Crippen LogP contribution in [0.5, 0.6) is 5.75 Å². The van der Waals surface area contributed by atoms with Gasteiger partial charge in [-0.3, -0.25) is 9.82 Å². The van der Waals surface area contributed by atoms with Crippen LogP contribution in [-0.4, -0.2) is 28.7 Å². The van der Waals surface area contributed by atoms with Crippen LogP contribution in [0.3, 0.4) is 0 Å². The second-order valence-electron chi connectivity index (χ2n) is 4.75. The maximum atomic E-state index is 13.9. The Kier molecular flexibility index (Phi) is 4.12. The van der Waals surface area contributed by atoms with E-state index in [4.69, 9.17) is 11.6 Å². The smallest absolute Gasteiger partial charge is 0.265 e. The molecule has 1 aromatic heterocycles. The molecule has 3 aromatic rings. The lowest BCUT2D eigenvalue weighted by Gasteiger charge is -2.11. The number of aromatic hydroxyl groups is 1. The molecule has 0 unspecified atom stereocenters. The van der Waals surface area contributed by atoms with Gasteiger partial charge in [0.15, 0.2) is 5.82 Å². The highest BCUT2D eigenvalue weighted by Crippen LogP contribution is 2.29. The fourth-order valence-electron chi connectivity index (χ4n) is 2.02. The first kappa shape index (κ1) is 16.2. The van der Waals surface area contributed by atoms with Gasteiger partial charge >= 0.3 is 0 Å². The van der Waals surface area contributed by atoms with E-state index in [1.54, 1.807) is 0 Å². The number of hydrogen-bond acceptors (Lipinski definition) is 5. The zero-order valence-electron chi connectivity index (χ0n) is 11.9. The first-order valence-corrected chi connectivity index (χ1v) is 8.39. The van der Waals surface area contributed by atoms with Crippen LogP contribution >= 0.6 is 11.6 Å². The minimum Gasteiger partial charge on any atom is -0.507 e. The molecule has 0 bridgehead atoms. The molecule has 0 spiro atoms. The summed E-state index contributed by atoms with van der Waals surface area (Å²) in [5.41, 5.74) is 0.130. The van der Waals surface area contributed by atoms with Crippen molar-refractivity contribution in [1.29, 1.82) is 0 Å². The number of hydrogen-bond donors (Lipinski definition) is 3. The summed E-state index contributed by atoms with van der Waals surface area (Å²) in [7, 11) is -4.12. The van der Waals surface area contributed by atoms with Crippen LogP contribution in [0.1, 0.15) is 0 Å². The molecule has 124 valence electrons. The molecular formula is C14H10ClFN4O3S. The van der Waals surface area contributed by atoms with Crippen LogP contribution in [0.25, 0.3) is 11.4 Å². The first-order valence-electron chi connectivity index (χ1n) is 6.53. The number of benzene rings is 2. The molecule has 2 aromatic carbocycles. The van der Waals surface area contributed by atoms with Gasteiger partial charge < -0.3 is 5.11 Å². The van der Waals surface area contributed by atoms with E-state index in [1.807, 2.05) is 0 Å². The molecule has 0 aliphatic carbocycles. The Labute approximate surface area is 141 Å². The molecule has 1 heterocycles. The summed E-state index contributed by atoms with van der Waals surface area (Å²) in [5, 5.41) is 16.0. The predicted molar refractivity (Wildman–Crippen MR) is 85.7 cm³/mol. The van der Waals surface area contributed by atoms with E-state index in [2.05, 4.69) is 19.9 Å². The zero-order chi connectivity index (χ0) is 17.3. The van der Waals surface area contributed by atoms with Crippen molar-refractivity contribution in [1.82, 2.24) is 15.2 Å². The monoisotopic (exact) mass is 368 g/mol. The normalized spacial score (nSPS) is 11.4. The molecule has 3 N–H and O–H groups in total. The molecule has 24 heavy (non-hydrogen) atoms. The Balaban J connectivity index is 1.99. The zero-order valence-corrected chi connectivity index (χ0v) is 13.4. The number of aromatic amines is 1. The van der Waals surface area contributed by atoms with Gasteiger partial charge in [-0.2, -0.15) is 5.10 Å². The Morgan fingerprint density at radius 1 is 1.21 bits per heavy atom. The highest BCUT2D eigenvalue weighted by atomic mass is 35.5. The van der Waals surface area contributed by atoms with Gasteiger partial charge in [0.1, 0.15) is 22.8 Å². The summed E-state index contributed by atoms with van der Waals surface area (Å²) in [5.74, 6) is -0.899. The molecular weight excluding hydrogens is 359 g/mol. The van der Waals surface area contributed by atoms with Crippen LogP contribution in [0.4, 0.5) is 10.1 Å². The lowest BCUT2D eigenvalue weighted by atomic mass is 10.2. The molecule has 7 nitrogen and oxygen atoms in total. The first-order chi connectivity index (χ1) is 11.4. The molecule has 0 atom stereocenters. The van der Waals surface area contributed by atoms with Gasteiger partial charge in [-0.25, -0.2) is 17.8 Å². The number of sulfonamides is 1. The van der Waals surface area contributed by atoms with Gasteiger partial charge in [0.25, 0.3) is 10.0 Å². The quantitative estimate of drug-likeness (QED) is 0.656. The molecule has 0 radical (unpaired) electrons. The molecule has 10 heteroatoms. The largest absolute Gasteiger partial charge is 0.507 e. The van der Waals surface area contributed by atoms with Crippen molar-refractivity contribution < 1.29 is 17.9 Å². The summed E-state index contributed by atoms with van der Waals surface area (Å²) in [6, 6.07) is 7.23. The number of anilines is 1. The van der Waals surface area contributed by atoms with Gasteiger partial charge in [-0.15, -0.1) is 0 Å². The van der Waals surface area contributed by atoms with E-state index in [0.717, 1.165) is 12.1 Å². The summed E-state index contributed by atoms with van der Waals surface area (Å²) in [6.45, 7) is 0. The second-order valence-corrected chi connectivity index (χ2v) is 6.83. The highest BCUT2D eigenvalue weighted by molar-refractivity contribution is 7.92. The molecule has 0 aliphatic heterocycles. The summed E-state index contributed by atoms with van der Waals surface area (Å²) >= 11 is 5.77. The lowest BCUT2D eigenvalue weighted by molar-refractivity contribution is 0.459. The number of H-pyrrole nitrogens is 1. The maximum Gasteiger partial charge on any atom is 0.265 e. The molecule has 0 saturated heterocycles. The third-order valence-corrected chi connectivity index (χ3v) is 4.75. The Morgan fingerprint density at radius 3 is 2.71 bits per heavy atom. The van der Waals surface area contributed by atoms with Crippen LogP contribution < -0.4 is 4.72 Å². The number of halogens is 2. The predicted octanol–water partition coefficient (Wildman–Crippen LogP) is 2.77. The number of phenols is 1. The molecule has 0 amide bonds. The van der Waals surface area contributed by atoms with Crippen molar-refractivity contribution in [2.75, 3.05) is 4.72 Å². The van der Waals surface area contributed by atoms with E-state index < -0.39 is 21.6 Å². The molecule has 0 fully saturated rings. The Hall–Kier alpha value is -2.65. The summed E-state index contributed by atoms with van der Waals surface area (Å²) in [6.07, 6.45) is 1.20. The summed E-state index contributed by atoms with van der Waals surface area (Å²) in [4.78, 5) is 3.44. The molecule has 3 rings (SSSR count). The number of aromatic nitrogens is 3. The van der Waals surface area contributed by atoms with Crippen molar-refractivity contribution in [3.05, 3.63) is 53.6 Å². The fraction of sp³-hybridized carbons (Fsp3) is 0. The van der Waals surface area contributed by atoms with Gasteiger partial charge in [-0.1, -0.05) is 11.6 Å². The highest BCUT2D eigenvalue weighted by Gasteiger charge is 2.20. The van der Waals surface area contributed by atoms with Gasteiger partial charge in [0.2, 0.25) is 0 Å². The van der Waals surface area contributed by atoms with Crippen molar-refractivity contribution in [2.45, 2.75) is 4.90 Å². The minimum atomic E-state index is -4.12. The number of nitrogens with zero attached hydrogens (tertiary/aromatic N) is 2. The van der Waals surface area contributed by atoms with E-state index in [9.17, 15) is 17.9 Å². The van der Waals surface area contributed by atoms with Crippen LogP contribution in [0.15, 0.2) is 47.6 Å². The Morgan fingerprint density at radius 2 is 2.00 bits per heavy atom.